The van der Waals surface area contributed by atoms with Crippen LogP contribution in [0.15, 0.2) is 12.1 Å². The lowest BCUT2D eigenvalue weighted by Gasteiger charge is -2.24. The van der Waals surface area contributed by atoms with E-state index in [1.54, 1.807) is 0 Å². The van der Waals surface area contributed by atoms with Crippen molar-refractivity contribution in [2.45, 2.75) is 33.2 Å². The van der Waals surface area contributed by atoms with Crippen LogP contribution in [0.4, 0.5) is 8.78 Å². The Labute approximate surface area is 99.6 Å². The van der Waals surface area contributed by atoms with Crippen molar-refractivity contribution in [3.63, 3.8) is 0 Å². The second-order valence-electron chi connectivity index (χ2n) is 5.16. The van der Waals surface area contributed by atoms with Crippen LogP contribution >= 0.6 is 11.6 Å². The van der Waals surface area contributed by atoms with E-state index >= 15 is 0 Å². The molecule has 0 saturated heterocycles. The summed E-state index contributed by atoms with van der Waals surface area (Å²) in [5, 5.41) is 0.177. The molecular formula is C12H16ClF2N. The fraction of sp³-hybridized carbons (Fsp3) is 0.500. The van der Waals surface area contributed by atoms with Gasteiger partial charge in [-0.2, -0.15) is 0 Å². The minimum Gasteiger partial charge on any atom is -0.324 e. The van der Waals surface area contributed by atoms with E-state index in [0.29, 0.717) is 12.0 Å². The molecule has 0 aliphatic carbocycles. The van der Waals surface area contributed by atoms with Crippen molar-refractivity contribution in [3.05, 3.63) is 34.4 Å². The monoisotopic (exact) mass is 247 g/mol. The van der Waals surface area contributed by atoms with E-state index in [2.05, 4.69) is 0 Å². The van der Waals surface area contributed by atoms with Crippen molar-refractivity contribution < 1.29 is 8.78 Å². The van der Waals surface area contributed by atoms with E-state index in [1.807, 2.05) is 20.8 Å². The molecule has 1 aromatic rings. The van der Waals surface area contributed by atoms with Crippen LogP contribution in [0.25, 0.3) is 0 Å². The van der Waals surface area contributed by atoms with Crippen molar-refractivity contribution in [1.29, 1.82) is 0 Å². The van der Waals surface area contributed by atoms with Gasteiger partial charge in [-0.15, -0.1) is 0 Å². The quantitative estimate of drug-likeness (QED) is 0.784. The molecule has 1 nitrogen and oxygen atoms in total. The maximum absolute atomic E-state index is 13.1. The Balaban J connectivity index is 3.00. The molecule has 0 amide bonds. The Hall–Kier alpha value is -0.670. The van der Waals surface area contributed by atoms with Gasteiger partial charge in [0.15, 0.2) is 11.6 Å². The summed E-state index contributed by atoms with van der Waals surface area (Å²) in [5.41, 5.74) is 6.39. The molecule has 1 atom stereocenters. The van der Waals surface area contributed by atoms with Crippen molar-refractivity contribution in [3.8, 4) is 0 Å². The average molecular weight is 248 g/mol. The number of nitrogens with two attached hydrogens (primary N) is 1. The molecule has 16 heavy (non-hydrogen) atoms. The van der Waals surface area contributed by atoms with Gasteiger partial charge in [-0.1, -0.05) is 32.4 Å². The summed E-state index contributed by atoms with van der Waals surface area (Å²) in [4.78, 5) is 0. The van der Waals surface area contributed by atoms with Gasteiger partial charge in [0.2, 0.25) is 0 Å². The zero-order valence-corrected chi connectivity index (χ0v) is 10.4. The van der Waals surface area contributed by atoms with Gasteiger partial charge < -0.3 is 5.73 Å². The normalized spacial score (nSPS) is 13.9. The molecular weight excluding hydrogens is 232 g/mol. The van der Waals surface area contributed by atoms with E-state index in [1.165, 1.54) is 0 Å². The second kappa shape index (κ2) is 4.68. The first-order chi connectivity index (χ1) is 7.20. The van der Waals surface area contributed by atoms with Crippen LogP contribution in [-0.2, 0) is 0 Å². The van der Waals surface area contributed by atoms with Crippen LogP contribution in [0.5, 0.6) is 0 Å². The van der Waals surface area contributed by atoms with Gasteiger partial charge in [0.25, 0.3) is 0 Å². The van der Waals surface area contributed by atoms with E-state index in [-0.39, 0.29) is 16.5 Å². The third kappa shape index (κ3) is 3.42. The van der Waals surface area contributed by atoms with Crippen molar-refractivity contribution in [1.82, 2.24) is 0 Å². The van der Waals surface area contributed by atoms with E-state index in [9.17, 15) is 8.78 Å². The summed E-state index contributed by atoms with van der Waals surface area (Å²) in [6.45, 7) is 6.09. The summed E-state index contributed by atoms with van der Waals surface area (Å²) in [7, 11) is 0. The number of hydrogen-bond donors (Lipinski definition) is 1. The summed E-state index contributed by atoms with van der Waals surface area (Å²) >= 11 is 5.84. The van der Waals surface area contributed by atoms with Gasteiger partial charge in [-0.3, -0.25) is 0 Å². The predicted octanol–water partition coefficient (Wildman–Crippen LogP) is 4.05. The Bertz CT molecular complexity index is 385. The van der Waals surface area contributed by atoms with Crippen LogP contribution in [0.3, 0.4) is 0 Å². The number of halogens is 3. The Morgan fingerprint density at radius 3 is 2.25 bits per heavy atom. The first kappa shape index (κ1) is 13.4. The molecule has 0 spiro atoms. The molecule has 0 radical (unpaired) electrons. The smallest absolute Gasteiger partial charge is 0.160 e. The molecule has 2 N–H and O–H groups in total. The third-order valence-corrected chi connectivity index (χ3v) is 2.60. The van der Waals surface area contributed by atoms with Crippen LogP contribution in [-0.4, -0.2) is 0 Å². The zero-order chi connectivity index (χ0) is 12.5. The number of rotatable bonds is 2. The fourth-order valence-corrected chi connectivity index (χ4v) is 1.88. The minimum absolute atomic E-state index is 0.00755. The fourth-order valence-electron chi connectivity index (χ4n) is 1.59. The molecule has 1 unspecified atom stereocenters. The van der Waals surface area contributed by atoms with Crippen LogP contribution in [0, 0.1) is 17.0 Å². The molecule has 0 fully saturated rings. The SMILES string of the molecule is CC(C)(C)CC(N)c1cc(F)c(F)cc1Cl. The zero-order valence-electron chi connectivity index (χ0n) is 9.65. The molecule has 4 heteroatoms. The molecule has 1 rings (SSSR count). The Morgan fingerprint density at radius 2 is 1.75 bits per heavy atom. The average Bonchev–Trinajstić information content (AvgIpc) is 2.08. The first-order valence-electron chi connectivity index (χ1n) is 5.11. The largest absolute Gasteiger partial charge is 0.324 e. The highest BCUT2D eigenvalue weighted by atomic mass is 35.5. The minimum atomic E-state index is -0.947. The van der Waals surface area contributed by atoms with Gasteiger partial charge in [-0.25, -0.2) is 8.78 Å². The van der Waals surface area contributed by atoms with Gasteiger partial charge >= 0.3 is 0 Å². The molecule has 0 bridgehead atoms. The Morgan fingerprint density at radius 1 is 1.25 bits per heavy atom. The third-order valence-electron chi connectivity index (χ3n) is 2.27. The van der Waals surface area contributed by atoms with Crippen molar-refractivity contribution >= 4 is 11.6 Å². The standard InChI is InChI=1S/C12H16ClF2N/c1-12(2,3)6-11(16)7-4-9(14)10(15)5-8(7)13/h4-5,11H,6,16H2,1-3H3. The van der Waals surface area contributed by atoms with Gasteiger partial charge in [0.1, 0.15) is 0 Å². The predicted molar refractivity (Wildman–Crippen MR) is 62.4 cm³/mol. The van der Waals surface area contributed by atoms with Crippen molar-refractivity contribution in [2.24, 2.45) is 11.1 Å². The molecule has 0 aromatic heterocycles. The van der Waals surface area contributed by atoms with Crippen LogP contribution < -0.4 is 5.73 Å². The highest BCUT2D eigenvalue weighted by Gasteiger charge is 2.20. The summed E-state index contributed by atoms with van der Waals surface area (Å²) in [6.07, 6.45) is 0.651. The highest BCUT2D eigenvalue weighted by Crippen LogP contribution is 2.32. The maximum atomic E-state index is 13.1. The highest BCUT2D eigenvalue weighted by molar-refractivity contribution is 6.31. The molecule has 0 aliphatic rings. The topological polar surface area (TPSA) is 26.0 Å². The second-order valence-corrected chi connectivity index (χ2v) is 5.57. The molecule has 0 heterocycles. The van der Waals surface area contributed by atoms with Gasteiger partial charge in [-0.05, 0) is 29.5 Å². The molecule has 1 aromatic carbocycles. The number of benzene rings is 1. The van der Waals surface area contributed by atoms with E-state index in [0.717, 1.165) is 12.1 Å². The van der Waals surface area contributed by atoms with Crippen LogP contribution in [0.1, 0.15) is 38.8 Å². The van der Waals surface area contributed by atoms with Crippen LogP contribution in [0.2, 0.25) is 5.02 Å². The van der Waals surface area contributed by atoms with Gasteiger partial charge in [0.05, 0.1) is 0 Å². The lowest BCUT2D eigenvalue weighted by atomic mass is 9.86. The van der Waals surface area contributed by atoms with Gasteiger partial charge in [0, 0.05) is 11.1 Å². The molecule has 0 saturated carbocycles. The molecule has 90 valence electrons. The summed E-state index contributed by atoms with van der Waals surface area (Å²) < 4.78 is 25.9. The number of hydrogen-bond acceptors (Lipinski definition) is 1. The van der Waals surface area contributed by atoms with E-state index in [4.69, 9.17) is 17.3 Å². The lowest BCUT2D eigenvalue weighted by molar-refractivity contribution is 0.342. The Kier molecular flexibility index (Phi) is 3.92. The maximum Gasteiger partial charge on any atom is 0.160 e. The summed E-state index contributed by atoms with van der Waals surface area (Å²) in [5.74, 6) is -1.86. The van der Waals surface area contributed by atoms with E-state index < -0.39 is 11.6 Å². The molecule has 0 aliphatic heterocycles. The first-order valence-corrected chi connectivity index (χ1v) is 5.48. The van der Waals surface area contributed by atoms with Crippen molar-refractivity contribution in [2.75, 3.05) is 0 Å². The summed E-state index contributed by atoms with van der Waals surface area (Å²) in [6, 6.07) is 1.66. The lowest BCUT2D eigenvalue weighted by Crippen LogP contribution is -2.19.